The van der Waals surface area contributed by atoms with Crippen LogP contribution in [-0.4, -0.2) is 25.0 Å². The molecule has 0 radical (unpaired) electrons. The third-order valence-electron chi connectivity index (χ3n) is 4.12. The van der Waals surface area contributed by atoms with Gasteiger partial charge in [-0.25, -0.2) is 4.39 Å². The molecule has 1 aliphatic carbocycles. The Morgan fingerprint density at radius 3 is 2.67 bits per heavy atom. The summed E-state index contributed by atoms with van der Waals surface area (Å²) in [5, 5.41) is 0. The van der Waals surface area contributed by atoms with Crippen LogP contribution in [0, 0.1) is 18.7 Å². The van der Waals surface area contributed by atoms with E-state index >= 15 is 0 Å². The Kier molecular flexibility index (Phi) is 4.36. The molecule has 0 heterocycles. The summed E-state index contributed by atoms with van der Waals surface area (Å²) in [4.78, 5) is 2.32. The fourth-order valence-electron chi connectivity index (χ4n) is 2.77. The molecule has 1 fully saturated rings. The number of rotatable bonds is 5. The molecule has 1 atom stereocenters. The summed E-state index contributed by atoms with van der Waals surface area (Å²) in [6.45, 7) is 3.63. The molecule has 0 aromatic heterocycles. The van der Waals surface area contributed by atoms with Gasteiger partial charge in [0.25, 0.3) is 0 Å². The summed E-state index contributed by atoms with van der Waals surface area (Å²) in [6, 6.07) is 5.20. The lowest BCUT2D eigenvalue weighted by Gasteiger charge is -2.35. The van der Waals surface area contributed by atoms with Crippen LogP contribution in [-0.2, 0) is 0 Å². The van der Waals surface area contributed by atoms with Crippen molar-refractivity contribution in [3.63, 3.8) is 0 Å². The lowest BCUT2D eigenvalue weighted by molar-refractivity contribution is 0.164. The van der Waals surface area contributed by atoms with E-state index < -0.39 is 0 Å². The first-order valence-corrected chi connectivity index (χ1v) is 6.78. The zero-order valence-electron chi connectivity index (χ0n) is 11.3. The van der Waals surface area contributed by atoms with E-state index in [4.69, 9.17) is 5.73 Å². The summed E-state index contributed by atoms with van der Waals surface area (Å²) in [5.41, 5.74) is 8.06. The number of benzene rings is 1. The standard InChI is InChI=1S/C15H23FN2/c1-11-8-13(16)6-7-14(11)15(9-17)18(2)10-12-4-3-5-12/h6-8,12,15H,3-5,9-10,17H2,1-2H3. The van der Waals surface area contributed by atoms with E-state index in [0.717, 1.165) is 23.6 Å². The number of hydrogen-bond donors (Lipinski definition) is 1. The molecule has 100 valence electrons. The van der Waals surface area contributed by atoms with Gasteiger partial charge in [0.2, 0.25) is 0 Å². The second-order valence-corrected chi connectivity index (χ2v) is 5.49. The zero-order valence-corrected chi connectivity index (χ0v) is 11.3. The van der Waals surface area contributed by atoms with Crippen LogP contribution >= 0.6 is 0 Å². The van der Waals surface area contributed by atoms with E-state index in [-0.39, 0.29) is 11.9 Å². The van der Waals surface area contributed by atoms with E-state index in [0.29, 0.717) is 6.54 Å². The molecule has 2 nitrogen and oxygen atoms in total. The van der Waals surface area contributed by atoms with Crippen molar-refractivity contribution < 1.29 is 4.39 Å². The minimum atomic E-state index is -0.173. The van der Waals surface area contributed by atoms with Crippen LogP contribution in [0.4, 0.5) is 4.39 Å². The van der Waals surface area contributed by atoms with Crippen molar-refractivity contribution in [3.8, 4) is 0 Å². The first-order valence-electron chi connectivity index (χ1n) is 6.78. The monoisotopic (exact) mass is 250 g/mol. The third-order valence-corrected chi connectivity index (χ3v) is 4.12. The van der Waals surface area contributed by atoms with Gasteiger partial charge in [-0.2, -0.15) is 0 Å². The van der Waals surface area contributed by atoms with Crippen molar-refractivity contribution in [2.75, 3.05) is 20.1 Å². The maximum atomic E-state index is 13.1. The minimum Gasteiger partial charge on any atom is -0.329 e. The molecule has 3 heteroatoms. The van der Waals surface area contributed by atoms with Crippen molar-refractivity contribution >= 4 is 0 Å². The highest BCUT2D eigenvalue weighted by atomic mass is 19.1. The Bertz CT molecular complexity index is 401. The van der Waals surface area contributed by atoms with Gasteiger partial charge >= 0.3 is 0 Å². The Morgan fingerprint density at radius 1 is 1.44 bits per heavy atom. The van der Waals surface area contributed by atoms with E-state index in [1.54, 1.807) is 6.07 Å². The van der Waals surface area contributed by atoms with Gasteiger partial charge in [0.15, 0.2) is 0 Å². The summed E-state index contributed by atoms with van der Waals surface area (Å²) >= 11 is 0. The van der Waals surface area contributed by atoms with Crippen LogP contribution in [0.5, 0.6) is 0 Å². The van der Waals surface area contributed by atoms with Crippen molar-refractivity contribution in [1.82, 2.24) is 4.90 Å². The second kappa shape index (κ2) is 5.81. The maximum Gasteiger partial charge on any atom is 0.123 e. The molecule has 2 rings (SSSR count). The summed E-state index contributed by atoms with van der Waals surface area (Å²) in [6.07, 6.45) is 4.04. The quantitative estimate of drug-likeness (QED) is 0.870. The summed E-state index contributed by atoms with van der Waals surface area (Å²) < 4.78 is 13.1. The maximum absolute atomic E-state index is 13.1. The van der Waals surface area contributed by atoms with Gasteiger partial charge in [-0.3, -0.25) is 4.90 Å². The van der Waals surface area contributed by atoms with Gasteiger partial charge in [-0.1, -0.05) is 12.5 Å². The fraction of sp³-hybridized carbons (Fsp3) is 0.600. The number of aryl methyl sites for hydroxylation is 1. The van der Waals surface area contributed by atoms with Gasteiger partial charge in [0, 0.05) is 19.1 Å². The Balaban J connectivity index is 2.10. The molecule has 0 aliphatic heterocycles. The molecule has 1 aliphatic rings. The number of nitrogens with two attached hydrogens (primary N) is 1. The summed E-state index contributed by atoms with van der Waals surface area (Å²) in [5.74, 6) is 0.651. The SMILES string of the molecule is Cc1cc(F)ccc1C(CN)N(C)CC1CCC1. The number of nitrogens with zero attached hydrogens (tertiary/aromatic N) is 1. The molecule has 0 spiro atoms. The first-order chi connectivity index (χ1) is 8.61. The molecule has 2 N–H and O–H groups in total. The van der Waals surface area contributed by atoms with Crippen LogP contribution < -0.4 is 5.73 Å². The molecule has 18 heavy (non-hydrogen) atoms. The Hall–Kier alpha value is -0.930. The van der Waals surface area contributed by atoms with Crippen LogP contribution in [0.25, 0.3) is 0 Å². The number of likely N-dealkylation sites (N-methyl/N-ethyl adjacent to an activating group) is 1. The van der Waals surface area contributed by atoms with E-state index in [2.05, 4.69) is 11.9 Å². The second-order valence-electron chi connectivity index (χ2n) is 5.49. The van der Waals surface area contributed by atoms with Gasteiger partial charge in [0.05, 0.1) is 0 Å². The average Bonchev–Trinajstić information content (AvgIpc) is 2.27. The Morgan fingerprint density at radius 2 is 2.17 bits per heavy atom. The molecular weight excluding hydrogens is 227 g/mol. The number of halogens is 1. The van der Waals surface area contributed by atoms with Gasteiger partial charge in [-0.05, 0) is 56.0 Å². The third kappa shape index (κ3) is 2.90. The normalized spacial score (nSPS) is 17.8. The van der Waals surface area contributed by atoms with Crippen molar-refractivity contribution in [1.29, 1.82) is 0 Å². The van der Waals surface area contributed by atoms with E-state index in [9.17, 15) is 4.39 Å². The predicted octanol–water partition coefficient (Wildman–Crippen LogP) is 2.87. The zero-order chi connectivity index (χ0) is 13.1. The molecule has 1 saturated carbocycles. The highest BCUT2D eigenvalue weighted by Gasteiger charge is 2.24. The smallest absolute Gasteiger partial charge is 0.123 e. The van der Waals surface area contributed by atoms with Gasteiger partial charge in [-0.15, -0.1) is 0 Å². The van der Waals surface area contributed by atoms with E-state index in [1.807, 2.05) is 13.0 Å². The molecular formula is C15H23FN2. The Labute approximate surface area is 109 Å². The fourth-order valence-corrected chi connectivity index (χ4v) is 2.77. The lowest BCUT2D eigenvalue weighted by atomic mass is 9.84. The molecule has 0 saturated heterocycles. The van der Waals surface area contributed by atoms with Crippen LogP contribution in [0.1, 0.15) is 36.4 Å². The van der Waals surface area contributed by atoms with Crippen LogP contribution in [0.2, 0.25) is 0 Å². The topological polar surface area (TPSA) is 29.3 Å². The molecule has 1 aromatic rings. The lowest BCUT2D eigenvalue weighted by Crippen LogP contribution is -2.36. The minimum absolute atomic E-state index is 0.173. The van der Waals surface area contributed by atoms with E-state index in [1.165, 1.54) is 25.3 Å². The summed E-state index contributed by atoms with van der Waals surface area (Å²) in [7, 11) is 2.12. The average molecular weight is 250 g/mol. The molecule has 0 amide bonds. The predicted molar refractivity (Wildman–Crippen MR) is 72.9 cm³/mol. The van der Waals surface area contributed by atoms with Gasteiger partial charge < -0.3 is 5.73 Å². The van der Waals surface area contributed by atoms with Crippen LogP contribution in [0.3, 0.4) is 0 Å². The first kappa shape index (κ1) is 13.5. The largest absolute Gasteiger partial charge is 0.329 e. The highest BCUT2D eigenvalue weighted by Crippen LogP contribution is 2.30. The number of hydrogen-bond acceptors (Lipinski definition) is 2. The van der Waals surface area contributed by atoms with Crippen molar-refractivity contribution in [2.24, 2.45) is 11.7 Å². The van der Waals surface area contributed by atoms with Crippen molar-refractivity contribution in [2.45, 2.75) is 32.2 Å². The molecule has 0 bridgehead atoms. The van der Waals surface area contributed by atoms with Crippen LogP contribution in [0.15, 0.2) is 18.2 Å². The molecule has 1 unspecified atom stereocenters. The molecule has 1 aromatic carbocycles. The van der Waals surface area contributed by atoms with Gasteiger partial charge in [0.1, 0.15) is 5.82 Å². The van der Waals surface area contributed by atoms with Crippen molar-refractivity contribution in [3.05, 3.63) is 35.1 Å². The highest BCUT2D eigenvalue weighted by molar-refractivity contribution is 5.29.